The van der Waals surface area contributed by atoms with Crippen LogP contribution < -0.4 is 11.2 Å². The summed E-state index contributed by atoms with van der Waals surface area (Å²) in [4.78, 5) is 24.5. The van der Waals surface area contributed by atoms with Crippen LogP contribution in [-0.2, 0) is 16.7 Å². The largest absolute Gasteiger partial charge is 0.365 e. The van der Waals surface area contributed by atoms with Crippen molar-refractivity contribution in [1.29, 1.82) is 0 Å². The Hall–Kier alpha value is -2.73. The molecule has 0 radical (unpaired) electrons. The summed E-state index contributed by atoms with van der Waals surface area (Å²) in [5.74, 6) is -0.662. The summed E-state index contributed by atoms with van der Waals surface area (Å²) in [6.07, 6.45) is 1.38. The number of para-hydroxylation sites is 1. The Balaban J connectivity index is 2.14. The molecule has 1 unspecified atom stereocenters. The van der Waals surface area contributed by atoms with Crippen molar-refractivity contribution in [3.05, 3.63) is 76.6 Å². The molecular weight excluding hydrogens is 312 g/mol. The van der Waals surface area contributed by atoms with Gasteiger partial charge >= 0.3 is 0 Å². The molecule has 116 valence electrons. The van der Waals surface area contributed by atoms with Crippen LogP contribution in [0, 0.1) is 0 Å². The summed E-state index contributed by atoms with van der Waals surface area (Å²) in [5, 5.41) is 0.383. The van der Waals surface area contributed by atoms with Crippen LogP contribution in [0.25, 0.3) is 10.9 Å². The first-order chi connectivity index (χ1) is 11.1. The lowest BCUT2D eigenvalue weighted by atomic mass is 10.1. The number of amides is 1. The van der Waals surface area contributed by atoms with Crippen molar-refractivity contribution in [2.24, 2.45) is 5.73 Å². The van der Waals surface area contributed by atoms with E-state index >= 15 is 0 Å². The normalized spacial score (nSPS) is 12.2. The predicted octanol–water partition coefficient (Wildman–Crippen LogP) is 1.87. The fourth-order valence-electron chi connectivity index (χ4n) is 2.40. The van der Waals surface area contributed by atoms with E-state index in [0.717, 1.165) is 0 Å². The molecule has 1 aromatic heterocycles. The van der Waals surface area contributed by atoms with Crippen LogP contribution in [0.15, 0.2) is 70.5 Å². The average Bonchev–Trinajstić information content (AvgIpc) is 2.58. The van der Waals surface area contributed by atoms with Gasteiger partial charge in [-0.25, -0.2) is 0 Å². The van der Waals surface area contributed by atoms with Crippen molar-refractivity contribution in [1.82, 2.24) is 4.57 Å². The smallest absolute Gasteiger partial charge is 0.254 e. The molecule has 6 heteroatoms. The number of aromatic nitrogens is 1. The van der Waals surface area contributed by atoms with Crippen molar-refractivity contribution in [3.8, 4) is 0 Å². The Bertz CT molecular complexity index is 964. The average molecular weight is 326 g/mol. The fraction of sp³-hybridized carbons (Fsp3) is 0.0588. The number of primary amides is 1. The van der Waals surface area contributed by atoms with E-state index in [9.17, 15) is 13.8 Å². The first kappa shape index (κ1) is 15.2. The third-order valence-corrected chi connectivity index (χ3v) is 4.83. The number of pyridine rings is 1. The van der Waals surface area contributed by atoms with Crippen molar-refractivity contribution in [2.75, 3.05) is 0 Å². The van der Waals surface area contributed by atoms with Gasteiger partial charge in [-0.2, -0.15) is 0 Å². The van der Waals surface area contributed by atoms with Crippen LogP contribution in [0.4, 0.5) is 0 Å². The Kier molecular flexibility index (Phi) is 4.08. The van der Waals surface area contributed by atoms with E-state index < -0.39 is 22.1 Å². The molecular formula is C17H14N2O3S. The van der Waals surface area contributed by atoms with E-state index in [1.54, 1.807) is 41.0 Å². The van der Waals surface area contributed by atoms with Crippen LogP contribution in [0.5, 0.6) is 0 Å². The predicted molar refractivity (Wildman–Crippen MR) is 89.6 cm³/mol. The number of nitrogens with two attached hydrogens (primary N) is 1. The highest BCUT2D eigenvalue weighted by Crippen LogP contribution is 2.15. The van der Waals surface area contributed by atoms with Gasteiger partial charge < -0.3 is 10.3 Å². The minimum atomic E-state index is -1.31. The van der Waals surface area contributed by atoms with E-state index in [-0.39, 0.29) is 11.4 Å². The highest BCUT2D eigenvalue weighted by molar-refractivity contribution is 7.84. The topological polar surface area (TPSA) is 82.2 Å². The lowest BCUT2D eigenvalue weighted by molar-refractivity contribution is 0.0999. The maximum absolute atomic E-state index is 12.5. The number of carbonyl (C=O) groups excluding carboxylic acids is 1. The highest BCUT2D eigenvalue weighted by Gasteiger charge is 2.14. The molecule has 0 bridgehead atoms. The second-order valence-corrected chi connectivity index (χ2v) is 6.43. The minimum absolute atomic E-state index is 0.103. The number of hydrogen-bond donors (Lipinski definition) is 1. The van der Waals surface area contributed by atoms with Gasteiger partial charge in [0.25, 0.3) is 5.91 Å². The third kappa shape index (κ3) is 2.93. The molecule has 5 nitrogen and oxygen atoms in total. The molecule has 1 atom stereocenters. The molecule has 1 heterocycles. The van der Waals surface area contributed by atoms with Gasteiger partial charge in [0.05, 0.1) is 16.3 Å². The van der Waals surface area contributed by atoms with Crippen molar-refractivity contribution in [3.63, 3.8) is 0 Å². The SMILES string of the molecule is NC(=O)c1cn(CS(=O)c2ccccc2)c2ccccc2c1=O. The molecule has 0 aliphatic heterocycles. The Morgan fingerprint density at radius 2 is 1.70 bits per heavy atom. The second kappa shape index (κ2) is 6.18. The summed E-state index contributed by atoms with van der Waals surface area (Å²) in [6, 6.07) is 15.9. The lowest BCUT2D eigenvalue weighted by Crippen LogP contribution is -2.24. The first-order valence-electron chi connectivity index (χ1n) is 6.93. The minimum Gasteiger partial charge on any atom is -0.365 e. The van der Waals surface area contributed by atoms with E-state index in [2.05, 4.69) is 0 Å². The van der Waals surface area contributed by atoms with Crippen LogP contribution in [0.1, 0.15) is 10.4 Å². The molecule has 3 rings (SSSR count). The molecule has 0 saturated carbocycles. The molecule has 23 heavy (non-hydrogen) atoms. The van der Waals surface area contributed by atoms with Crippen molar-refractivity contribution >= 4 is 27.6 Å². The molecule has 0 fully saturated rings. The summed E-state index contributed by atoms with van der Waals surface area (Å²) < 4.78 is 14.2. The molecule has 1 amide bonds. The summed E-state index contributed by atoms with van der Waals surface area (Å²) in [6.45, 7) is 0. The van der Waals surface area contributed by atoms with Gasteiger partial charge in [0.2, 0.25) is 5.43 Å². The molecule has 2 aromatic carbocycles. The number of fused-ring (bicyclic) bond motifs is 1. The zero-order valence-corrected chi connectivity index (χ0v) is 13.0. The third-order valence-electron chi connectivity index (χ3n) is 3.52. The second-order valence-electron chi connectivity index (χ2n) is 5.01. The number of nitrogens with zero attached hydrogens (tertiary/aromatic N) is 1. The molecule has 0 aliphatic carbocycles. The van der Waals surface area contributed by atoms with Crippen molar-refractivity contribution < 1.29 is 9.00 Å². The fourth-order valence-corrected chi connectivity index (χ4v) is 3.48. The maximum Gasteiger partial charge on any atom is 0.254 e. The van der Waals surface area contributed by atoms with Gasteiger partial charge in [-0.1, -0.05) is 30.3 Å². The molecule has 0 saturated heterocycles. The molecule has 2 N–H and O–H groups in total. The molecule has 0 spiro atoms. The Morgan fingerprint density at radius 1 is 1.04 bits per heavy atom. The number of hydrogen-bond acceptors (Lipinski definition) is 3. The highest BCUT2D eigenvalue weighted by atomic mass is 32.2. The zero-order chi connectivity index (χ0) is 16.4. The van der Waals surface area contributed by atoms with Crippen LogP contribution >= 0.6 is 0 Å². The van der Waals surface area contributed by atoms with Crippen LogP contribution in [0.2, 0.25) is 0 Å². The first-order valence-corrected chi connectivity index (χ1v) is 8.25. The number of rotatable bonds is 4. The molecule has 0 aliphatic rings. The molecule has 3 aromatic rings. The maximum atomic E-state index is 12.5. The quantitative estimate of drug-likeness (QED) is 0.794. The van der Waals surface area contributed by atoms with Gasteiger partial charge in [0.1, 0.15) is 11.4 Å². The van der Waals surface area contributed by atoms with Crippen molar-refractivity contribution in [2.45, 2.75) is 10.8 Å². The van der Waals surface area contributed by atoms with E-state index in [0.29, 0.717) is 15.8 Å². The van der Waals surface area contributed by atoms with Gasteiger partial charge in [0.15, 0.2) is 0 Å². The van der Waals surface area contributed by atoms with E-state index in [4.69, 9.17) is 5.73 Å². The van der Waals surface area contributed by atoms with Crippen LogP contribution in [-0.4, -0.2) is 14.7 Å². The van der Waals surface area contributed by atoms with Gasteiger partial charge in [-0.05, 0) is 24.3 Å². The standard InChI is InChI=1S/C17H14N2O3S/c18-17(21)14-10-19(11-23(22)12-6-2-1-3-7-12)15-9-5-4-8-13(15)16(14)20/h1-10H,11H2,(H2,18,21). The summed E-state index contributed by atoms with van der Waals surface area (Å²) >= 11 is 0. The zero-order valence-electron chi connectivity index (χ0n) is 12.1. The lowest BCUT2D eigenvalue weighted by Gasteiger charge is -2.12. The Labute approximate surface area is 134 Å². The van der Waals surface area contributed by atoms with E-state index in [1.165, 1.54) is 6.20 Å². The summed E-state index contributed by atoms with van der Waals surface area (Å²) in [5.41, 5.74) is 5.40. The number of carbonyl (C=O) groups is 1. The Morgan fingerprint density at radius 3 is 2.39 bits per heavy atom. The number of benzene rings is 2. The van der Waals surface area contributed by atoms with Gasteiger partial charge in [0, 0.05) is 16.5 Å². The van der Waals surface area contributed by atoms with Crippen LogP contribution in [0.3, 0.4) is 0 Å². The van der Waals surface area contributed by atoms with Gasteiger partial charge in [-0.3, -0.25) is 13.8 Å². The summed E-state index contributed by atoms with van der Waals surface area (Å²) in [7, 11) is -1.31. The van der Waals surface area contributed by atoms with Gasteiger partial charge in [-0.15, -0.1) is 0 Å². The van der Waals surface area contributed by atoms with E-state index in [1.807, 2.05) is 18.2 Å². The monoisotopic (exact) mass is 326 g/mol.